The van der Waals surface area contributed by atoms with Crippen molar-refractivity contribution in [2.75, 3.05) is 5.32 Å². The van der Waals surface area contributed by atoms with Crippen LogP contribution in [-0.2, 0) is 4.79 Å². The van der Waals surface area contributed by atoms with Crippen molar-refractivity contribution in [3.05, 3.63) is 47.3 Å². The predicted octanol–water partition coefficient (Wildman–Crippen LogP) is 2.01. The quantitative estimate of drug-likeness (QED) is 0.737. The van der Waals surface area contributed by atoms with Gasteiger partial charge in [0.1, 0.15) is 11.8 Å². The number of aromatic nitrogens is 1. The summed E-state index contributed by atoms with van der Waals surface area (Å²) in [7, 11) is 0. The Hall–Kier alpha value is -3.16. The van der Waals surface area contributed by atoms with E-state index in [4.69, 9.17) is 9.63 Å². The van der Waals surface area contributed by atoms with Crippen LogP contribution in [0.3, 0.4) is 0 Å². The van der Waals surface area contributed by atoms with Crippen molar-refractivity contribution in [2.45, 2.75) is 31.7 Å². The largest absolute Gasteiger partial charge is 0.480 e. The Morgan fingerprint density at radius 3 is 2.48 bits per heavy atom. The summed E-state index contributed by atoms with van der Waals surface area (Å²) in [6, 6.07) is 6.76. The number of carboxylic acid groups (broad SMARTS) is 1. The van der Waals surface area contributed by atoms with Gasteiger partial charge in [-0.1, -0.05) is 5.16 Å². The van der Waals surface area contributed by atoms with Gasteiger partial charge in [-0.15, -0.1) is 0 Å². The number of carboxylic acids is 1. The molecule has 3 rings (SSSR count). The third kappa shape index (κ3) is 4.03. The molecule has 1 atom stereocenters. The lowest BCUT2D eigenvalue weighted by Crippen LogP contribution is -2.38. The first-order chi connectivity index (χ1) is 11.9. The first kappa shape index (κ1) is 16.7. The minimum Gasteiger partial charge on any atom is -0.480 e. The van der Waals surface area contributed by atoms with Crippen LogP contribution in [0.25, 0.3) is 0 Å². The first-order valence-electron chi connectivity index (χ1n) is 7.85. The van der Waals surface area contributed by atoms with E-state index < -0.39 is 23.8 Å². The molecule has 1 aromatic carbocycles. The van der Waals surface area contributed by atoms with Crippen LogP contribution in [0.1, 0.15) is 52.3 Å². The number of hydrogen-bond acceptors (Lipinski definition) is 5. The molecule has 0 radical (unpaired) electrons. The molecule has 8 heteroatoms. The fourth-order valence-corrected chi connectivity index (χ4v) is 2.20. The van der Waals surface area contributed by atoms with Gasteiger partial charge in [-0.2, -0.15) is 0 Å². The monoisotopic (exact) mass is 343 g/mol. The maximum atomic E-state index is 12.1. The standard InChI is InChI=1S/C17H17N3O5/c1-9(17(23)24)18-15(21)11-4-6-12(7-5-11)19-16(22)13-8-14(25-20-13)10-2-3-10/h4-10H,2-3H2,1H3,(H,18,21)(H,19,22)(H,23,24)/t9-/m1/s1. The fourth-order valence-electron chi connectivity index (χ4n) is 2.20. The zero-order chi connectivity index (χ0) is 18.0. The molecule has 1 aromatic heterocycles. The lowest BCUT2D eigenvalue weighted by atomic mass is 10.1. The molecule has 2 aromatic rings. The van der Waals surface area contributed by atoms with Crippen molar-refractivity contribution >= 4 is 23.5 Å². The summed E-state index contributed by atoms with van der Waals surface area (Å²) in [4.78, 5) is 34.8. The minimum absolute atomic E-state index is 0.207. The molecule has 0 unspecified atom stereocenters. The van der Waals surface area contributed by atoms with Crippen LogP contribution in [0.2, 0.25) is 0 Å². The van der Waals surface area contributed by atoms with Gasteiger partial charge in [0.05, 0.1) is 0 Å². The molecule has 3 N–H and O–H groups in total. The summed E-state index contributed by atoms with van der Waals surface area (Å²) in [6.07, 6.45) is 2.11. The molecule has 1 aliphatic carbocycles. The smallest absolute Gasteiger partial charge is 0.325 e. The highest BCUT2D eigenvalue weighted by Crippen LogP contribution is 2.40. The van der Waals surface area contributed by atoms with E-state index >= 15 is 0 Å². The molecule has 1 aliphatic rings. The van der Waals surface area contributed by atoms with E-state index in [1.54, 1.807) is 18.2 Å². The number of aliphatic carboxylic acids is 1. The van der Waals surface area contributed by atoms with E-state index in [1.807, 2.05) is 0 Å². The van der Waals surface area contributed by atoms with Crippen LogP contribution in [-0.4, -0.2) is 34.1 Å². The van der Waals surface area contributed by atoms with Crippen molar-refractivity contribution in [2.24, 2.45) is 0 Å². The second-order valence-electron chi connectivity index (χ2n) is 5.95. The van der Waals surface area contributed by atoms with Crippen molar-refractivity contribution in [1.29, 1.82) is 0 Å². The highest BCUT2D eigenvalue weighted by Gasteiger charge is 2.28. The average Bonchev–Trinajstić information content (AvgIpc) is 3.32. The van der Waals surface area contributed by atoms with Crippen LogP contribution in [0, 0.1) is 0 Å². The van der Waals surface area contributed by atoms with Crippen LogP contribution in [0.4, 0.5) is 5.69 Å². The van der Waals surface area contributed by atoms with Gasteiger partial charge in [0.15, 0.2) is 5.69 Å². The highest BCUT2D eigenvalue weighted by atomic mass is 16.5. The molecule has 25 heavy (non-hydrogen) atoms. The number of benzene rings is 1. The number of amides is 2. The van der Waals surface area contributed by atoms with Crippen molar-refractivity contribution < 1.29 is 24.0 Å². The van der Waals surface area contributed by atoms with Gasteiger partial charge in [0, 0.05) is 23.2 Å². The molecular weight excluding hydrogens is 326 g/mol. The minimum atomic E-state index is -1.12. The maximum Gasteiger partial charge on any atom is 0.325 e. The van der Waals surface area contributed by atoms with E-state index in [2.05, 4.69) is 15.8 Å². The topological polar surface area (TPSA) is 122 Å². The Labute approximate surface area is 143 Å². The van der Waals surface area contributed by atoms with E-state index in [9.17, 15) is 14.4 Å². The highest BCUT2D eigenvalue weighted by molar-refractivity contribution is 6.03. The van der Waals surface area contributed by atoms with Gasteiger partial charge in [0.25, 0.3) is 11.8 Å². The summed E-state index contributed by atoms with van der Waals surface area (Å²) >= 11 is 0. The van der Waals surface area contributed by atoms with Gasteiger partial charge >= 0.3 is 5.97 Å². The molecule has 2 amide bonds. The Morgan fingerprint density at radius 1 is 1.20 bits per heavy atom. The Morgan fingerprint density at radius 2 is 1.88 bits per heavy atom. The Balaban J connectivity index is 1.60. The van der Waals surface area contributed by atoms with Gasteiger partial charge in [-0.25, -0.2) is 0 Å². The molecule has 8 nitrogen and oxygen atoms in total. The summed E-state index contributed by atoms with van der Waals surface area (Å²) in [5, 5.41) is 17.6. The Kier molecular flexibility index (Phi) is 4.51. The molecular formula is C17H17N3O5. The fraction of sp³-hybridized carbons (Fsp3) is 0.294. The molecule has 0 saturated heterocycles. The average molecular weight is 343 g/mol. The van der Waals surface area contributed by atoms with Crippen LogP contribution >= 0.6 is 0 Å². The van der Waals surface area contributed by atoms with Crippen LogP contribution in [0.5, 0.6) is 0 Å². The molecule has 1 fully saturated rings. The predicted molar refractivity (Wildman–Crippen MR) is 87.4 cm³/mol. The number of nitrogens with zero attached hydrogens (tertiary/aromatic N) is 1. The van der Waals surface area contributed by atoms with Gasteiger partial charge in [-0.05, 0) is 44.0 Å². The second-order valence-corrected chi connectivity index (χ2v) is 5.95. The lowest BCUT2D eigenvalue weighted by molar-refractivity contribution is -0.138. The molecule has 0 aliphatic heterocycles. The summed E-state index contributed by atoms with van der Waals surface area (Å²) in [6.45, 7) is 1.38. The molecule has 1 saturated carbocycles. The van der Waals surface area contributed by atoms with E-state index in [0.717, 1.165) is 18.6 Å². The molecule has 0 spiro atoms. The number of carbonyl (C=O) groups is 3. The number of anilines is 1. The van der Waals surface area contributed by atoms with Crippen molar-refractivity contribution in [3.8, 4) is 0 Å². The maximum absolute atomic E-state index is 12.1. The number of rotatable bonds is 6. The normalized spacial score (nSPS) is 14.6. The molecule has 1 heterocycles. The lowest BCUT2D eigenvalue weighted by Gasteiger charge is -2.09. The summed E-state index contributed by atoms with van der Waals surface area (Å²) in [5.74, 6) is -0.911. The number of carbonyl (C=O) groups excluding carboxylic acids is 2. The number of nitrogens with one attached hydrogen (secondary N) is 2. The van der Waals surface area contributed by atoms with Gasteiger partial charge < -0.3 is 20.3 Å². The van der Waals surface area contributed by atoms with Gasteiger partial charge in [0.2, 0.25) is 0 Å². The van der Waals surface area contributed by atoms with E-state index in [0.29, 0.717) is 17.2 Å². The Bertz CT molecular complexity index is 808. The third-order valence-electron chi connectivity index (χ3n) is 3.86. The van der Waals surface area contributed by atoms with Crippen molar-refractivity contribution in [1.82, 2.24) is 10.5 Å². The third-order valence-corrected chi connectivity index (χ3v) is 3.86. The molecule has 130 valence electrons. The van der Waals surface area contributed by atoms with E-state index in [1.165, 1.54) is 19.1 Å². The summed E-state index contributed by atoms with van der Waals surface area (Å²) in [5.41, 5.74) is 0.992. The van der Waals surface area contributed by atoms with Crippen LogP contribution in [0.15, 0.2) is 34.9 Å². The van der Waals surface area contributed by atoms with Crippen LogP contribution < -0.4 is 10.6 Å². The molecule has 0 bridgehead atoms. The first-order valence-corrected chi connectivity index (χ1v) is 7.85. The number of hydrogen-bond donors (Lipinski definition) is 3. The van der Waals surface area contributed by atoms with E-state index in [-0.39, 0.29) is 5.69 Å². The zero-order valence-corrected chi connectivity index (χ0v) is 13.5. The van der Waals surface area contributed by atoms with Gasteiger partial charge in [-0.3, -0.25) is 14.4 Å². The zero-order valence-electron chi connectivity index (χ0n) is 13.5. The second kappa shape index (κ2) is 6.76. The summed E-state index contributed by atoms with van der Waals surface area (Å²) < 4.78 is 5.14. The SMILES string of the molecule is C[C@@H](NC(=O)c1ccc(NC(=O)c2cc(C3CC3)on2)cc1)C(=O)O. The van der Waals surface area contributed by atoms with Crippen molar-refractivity contribution in [3.63, 3.8) is 0 Å².